The van der Waals surface area contributed by atoms with Crippen LogP contribution in [0.25, 0.3) is 21.8 Å². The number of carbonyl (C=O) groups excluding carboxylic acids is 1. The second-order valence-electron chi connectivity index (χ2n) is 6.67. The van der Waals surface area contributed by atoms with Crippen molar-refractivity contribution in [2.75, 3.05) is 19.6 Å². The molecule has 4 heterocycles. The number of aromatic nitrogens is 2. The minimum Gasteiger partial charge on any atom is -0.353 e. The summed E-state index contributed by atoms with van der Waals surface area (Å²) in [5.41, 5.74) is 2.54. The van der Waals surface area contributed by atoms with Gasteiger partial charge in [-0.1, -0.05) is 18.2 Å². The molecule has 3 aromatic rings. The number of piperidine rings is 1. The summed E-state index contributed by atoms with van der Waals surface area (Å²) in [7, 11) is 0. The molecule has 0 saturated carbocycles. The Balaban J connectivity index is 1.47. The van der Waals surface area contributed by atoms with Gasteiger partial charge >= 0.3 is 0 Å². The molecule has 116 valence electrons. The molecule has 23 heavy (non-hydrogen) atoms. The van der Waals surface area contributed by atoms with Crippen LogP contribution in [-0.2, 0) is 0 Å². The number of benzene rings is 1. The SMILES string of the molecule is O=C(NC1CN2CC[C@H]1C2)c1cc2c(cn1)[nH]c1ccccc12. The van der Waals surface area contributed by atoms with Crippen LogP contribution >= 0.6 is 0 Å². The van der Waals surface area contributed by atoms with Crippen LogP contribution in [0.5, 0.6) is 0 Å². The van der Waals surface area contributed by atoms with Gasteiger partial charge in [0.1, 0.15) is 5.69 Å². The van der Waals surface area contributed by atoms with Crippen LogP contribution in [0.3, 0.4) is 0 Å². The molecule has 1 aromatic carbocycles. The van der Waals surface area contributed by atoms with Gasteiger partial charge in [-0.25, -0.2) is 4.98 Å². The fourth-order valence-electron chi connectivity index (χ4n) is 4.06. The number of pyridine rings is 1. The topological polar surface area (TPSA) is 61.0 Å². The Kier molecular flexibility index (Phi) is 2.73. The van der Waals surface area contributed by atoms with Gasteiger partial charge in [0.05, 0.1) is 11.7 Å². The summed E-state index contributed by atoms with van der Waals surface area (Å²) in [6.45, 7) is 3.28. The first-order valence-corrected chi connectivity index (χ1v) is 8.17. The Bertz CT molecular complexity index is 916. The molecule has 5 rings (SSSR count). The number of fused-ring (bicyclic) bond motifs is 5. The molecule has 1 amide bonds. The zero-order chi connectivity index (χ0) is 15.4. The van der Waals surface area contributed by atoms with Crippen LogP contribution in [0, 0.1) is 5.92 Å². The van der Waals surface area contributed by atoms with Crippen molar-refractivity contribution in [1.29, 1.82) is 0 Å². The van der Waals surface area contributed by atoms with E-state index >= 15 is 0 Å². The molecule has 2 saturated heterocycles. The third-order valence-corrected chi connectivity index (χ3v) is 5.27. The number of nitrogens with zero attached hydrogens (tertiary/aromatic N) is 2. The molecule has 2 unspecified atom stereocenters. The van der Waals surface area contributed by atoms with Gasteiger partial charge in [-0.05, 0) is 31.0 Å². The van der Waals surface area contributed by atoms with Crippen LogP contribution < -0.4 is 5.32 Å². The number of H-pyrrole nitrogens is 1. The van der Waals surface area contributed by atoms with Crippen molar-refractivity contribution in [3.8, 4) is 0 Å². The maximum atomic E-state index is 12.6. The van der Waals surface area contributed by atoms with E-state index in [1.807, 2.05) is 24.3 Å². The Morgan fingerprint density at radius 3 is 2.96 bits per heavy atom. The first-order valence-electron chi connectivity index (χ1n) is 8.17. The highest BCUT2D eigenvalue weighted by molar-refractivity contribution is 6.09. The Morgan fingerprint density at radius 2 is 2.13 bits per heavy atom. The molecule has 3 atom stereocenters. The first-order chi connectivity index (χ1) is 11.3. The molecule has 2 N–H and O–H groups in total. The molecule has 2 bridgehead atoms. The van der Waals surface area contributed by atoms with Gasteiger partial charge in [-0.2, -0.15) is 0 Å². The highest BCUT2D eigenvalue weighted by Gasteiger charge is 2.38. The molecule has 0 spiro atoms. The van der Waals surface area contributed by atoms with E-state index < -0.39 is 0 Å². The summed E-state index contributed by atoms with van der Waals surface area (Å²) in [5.74, 6) is 0.548. The van der Waals surface area contributed by atoms with Crippen molar-refractivity contribution >= 4 is 27.7 Å². The highest BCUT2D eigenvalue weighted by atomic mass is 16.2. The van der Waals surface area contributed by atoms with Crippen LogP contribution in [0.15, 0.2) is 36.5 Å². The minimum absolute atomic E-state index is 0.0593. The number of hydrogen-bond donors (Lipinski definition) is 2. The molecular weight excluding hydrogens is 288 g/mol. The third-order valence-electron chi connectivity index (χ3n) is 5.27. The van der Waals surface area contributed by atoms with E-state index in [1.165, 1.54) is 13.0 Å². The van der Waals surface area contributed by atoms with Crippen molar-refractivity contribution in [2.45, 2.75) is 12.5 Å². The minimum atomic E-state index is -0.0593. The van der Waals surface area contributed by atoms with Crippen molar-refractivity contribution in [2.24, 2.45) is 5.92 Å². The summed E-state index contributed by atoms with van der Waals surface area (Å²) in [6, 6.07) is 10.3. The van der Waals surface area contributed by atoms with Gasteiger partial charge in [0, 0.05) is 35.4 Å². The van der Waals surface area contributed by atoms with Gasteiger partial charge in [-0.3, -0.25) is 4.79 Å². The lowest BCUT2D eigenvalue weighted by Gasteiger charge is -2.22. The van der Waals surface area contributed by atoms with Crippen molar-refractivity contribution in [1.82, 2.24) is 20.2 Å². The van der Waals surface area contributed by atoms with E-state index in [9.17, 15) is 4.79 Å². The van der Waals surface area contributed by atoms with E-state index in [4.69, 9.17) is 0 Å². The second kappa shape index (κ2) is 4.80. The zero-order valence-electron chi connectivity index (χ0n) is 12.7. The van der Waals surface area contributed by atoms with Crippen molar-refractivity contribution < 1.29 is 4.79 Å². The quantitative estimate of drug-likeness (QED) is 0.762. The summed E-state index contributed by atoms with van der Waals surface area (Å²) in [6.07, 6.45) is 2.95. The van der Waals surface area contributed by atoms with E-state index in [-0.39, 0.29) is 11.9 Å². The molecule has 2 aliphatic rings. The van der Waals surface area contributed by atoms with Gasteiger partial charge in [0.25, 0.3) is 5.91 Å². The third kappa shape index (κ3) is 2.04. The van der Waals surface area contributed by atoms with Gasteiger partial charge in [0.2, 0.25) is 0 Å². The highest BCUT2D eigenvalue weighted by Crippen LogP contribution is 2.28. The number of nitrogens with one attached hydrogen (secondary N) is 2. The smallest absolute Gasteiger partial charge is 0.270 e. The van der Waals surface area contributed by atoms with Crippen LogP contribution in [0.1, 0.15) is 16.9 Å². The maximum absolute atomic E-state index is 12.6. The van der Waals surface area contributed by atoms with Crippen molar-refractivity contribution in [3.05, 3.63) is 42.2 Å². The largest absolute Gasteiger partial charge is 0.353 e. The molecule has 2 aliphatic heterocycles. The molecule has 0 radical (unpaired) electrons. The lowest BCUT2D eigenvalue weighted by molar-refractivity contribution is 0.0919. The molecule has 5 nitrogen and oxygen atoms in total. The fraction of sp³-hybridized carbons (Fsp3) is 0.333. The summed E-state index contributed by atoms with van der Waals surface area (Å²) in [5, 5.41) is 5.36. The Morgan fingerprint density at radius 1 is 1.22 bits per heavy atom. The van der Waals surface area contributed by atoms with E-state index in [0.29, 0.717) is 11.6 Å². The van der Waals surface area contributed by atoms with Crippen LogP contribution in [0.4, 0.5) is 0 Å². The lowest BCUT2D eigenvalue weighted by atomic mass is 10.00. The number of amides is 1. The number of hydrogen-bond acceptors (Lipinski definition) is 3. The Labute approximate surface area is 133 Å². The monoisotopic (exact) mass is 306 g/mol. The predicted octanol–water partition coefficient (Wildman–Crippen LogP) is 2.15. The van der Waals surface area contributed by atoms with E-state index in [0.717, 1.165) is 34.9 Å². The molecule has 0 aliphatic carbocycles. The number of para-hydroxylation sites is 1. The fourth-order valence-corrected chi connectivity index (χ4v) is 4.06. The molecule has 2 fully saturated rings. The van der Waals surface area contributed by atoms with Gasteiger partial charge in [-0.15, -0.1) is 0 Å². The van der Waals surface area contributed by atoms with Crippen LogP contribution in [-0.4, -0.2) is 46.5 Å². The predicted molar refractivity (Wildman–Crippen MR) is 89.4 cm³/mol. The number of rotatable bonds is 2. The van der Waals surface area contributed by atoms with Crippen molar-refractivity contribution in [3.63, 3.8) is 0 Å². The van der Waals surface area contributed by atoms with E-state index in [2.05, 4.69) is 26.3 Å². The summed E-state index contributed by atoms with van der Waals surface area (Å²) < 4.78 is 0. The van der Waals surface area contributed by atoms with Crippen LogP contribution in [0.2, 0.25) is 0 Å². The first kappa shape index (κ1) is 13.1. The lowest BCUT2D eigenvalue weighted by Crippen LogP contribution is -2.43. The number of carbonyl (C=O) groups is 1. The summed E-state index contributed by atoms with van der Waals surface area (Å²) >= 11 is 0. The standard InChI is InChI=1S/C18H18N4O/c23-18(21-17-10-22-6-5-11(17)9-22)15-7-13-12-3-1-2-4-14(12)20-16(13)8-19-15/h1-4,7-8,11,17,20H,5-6,9-10H2,(H,21,23)/t11-,17?/m0/s1. The summed E-state index contributed by atoms with van der Waals surface area (Å²) in [4.78, 5) is 22.7. The normalized spacial score (nSPS) is 26.2. The zero-order valence-corrected chi connectivity index (χ0v) is 12.7. The Hall–Kier alpha value is -2.40. The van der Waals surface area contributed by atoms with Gasteiger partial charge in [0.15, 0.2) is 0 Å². The molecule has 2 aromatic heterocycles. The van der Waals surface area contributed by atoms with E-state index in [1.54, 1.807) is 6.20 Å². The maximum Gasteiger partial charge on any atom is 0.270 e. The second-order valence-corrected chi connectivity index (χ2v) is 6.67. The number of aromatic amines is 1. The molecular formula is C18H18N4O. The average molecular weight is 306 g/mol. The van der Waals surface area contributed by atoms with Gasteiger partial charge < -0.3 is 15.2 Å². The average Bonchev–Trinajstić information content (AvgIpc) is 3.27. The molecule has 5 heteroatoms.